The number of ether oxygens (including phenoxy) is 1. The van der Waals surface area contributed by atoms with E-state index in [1.54, 1.807) is 6.26 Å². The second-order valence-electron chi connectivity index (χ2n) is 2.79. The largest absolute Gasteiger partial charge is 0.493 e. The zero-order chi connectivity index (χ0) is 9.52. The SMILES string of the molecule is CCOC=C=Cc1ccc(C)cc1. The van der Waals surface area contributed by atoms with E-state index in [1.165, 1.54) is 5.56 Å². The van der Waals surface area contributed by atoms with Gasteiger partial charge in [0.05, 0.1) is 6.61 Å². The van der Waals surface area contributed by atoms with Crippen molar-refractivity contribution >= 4 is 6.08 Å². The predicted octanol–water partition coefficient (Wildman–Crippen LogP) is 3.16. The first-order valence-electron chi connectivity index (χ1n) is 4.42. The van der Waals surface area contributed by atoms with Crippen molar-refractivity contribution < 1.29 is 4.74 Å². The Labute approximate surface area is 79.4 Å². The van der Waals surface area contributed by atoms with Gasteiger partial charge in [0.1, 0.15) is 6.26 Å². The van der Waals surface area contributed by atoms with Gasteiger partial charge in [-0.2, -0.15) is 0 Å². The predicted molar refractivity (Wildman–Crippen MR) is 55.4 cm³/mol. The summed E-state index contributed by atoms with van der Waals surface area (Å²) in [5, 5.41) is 0. The van der Waals surface area contributed by atoms with Crippen molar-refractivity contribution in [3.8, 4) is 0 Å². The molecule has 0 aliphatic rings. The van der Waals surface area contributed by atoms with Crippen LogP contribution in [-0.4, -0.2) is 6.61 Å². The van der Waals surface area contributed by atoms with Crippen LogP contribution in [0.4, 0.5) is 0 Å². The van der Waals surface area contributed by atoms with Gasteiger partial charge < -0.3 is 4.74 Å². The number of aryl methyl sites for hydroxylation is 1. The number of hydrogen-bond acceptors (Lipinski definition) is 1. The van der Waals surface area contributed by atoms with Crippen LogP contribution in [-0.2, 0) is 4.74 Å². The third kappa shape index (κ3) is 3.64. The minimum Gasteiger partial charge on any atom is -0.493 e. The van der Waals surface area contributed by atoms with Crippen molar-refractivity contribution in [3.63, 3.8) is 0 Å². The molecule has 0 aliphatic heterocycles. The molecule has 1 rings (SSSR count). The Kier molecular flexibility index (Phi) is 3.87. The first-order valence-corrected chi connectivity index (χ1v) is 4.42. The summed E-state index contributed by atoms with van der Waals surface area (Å²) in [5.74, 6) is 0. The lowest BCUT2D eigenvalue weighted by atomic mass is 10.1. The van der Waals surface area contributed by atoms with E-state index in [2.05, 4.69) is 36.9 Å². The molecule has 0 saturated heterocycles. The third-order valence-corrected chi connectivity index (χ3v) is 1.65. The molecule has 0 radical (unpaired) electrons. The summed E-state index contributed by atoms with van der Waals surface area (Å²) in [6, 6.07) is 8.27. The number of rotatable bonds is 3. The molecule has 1 aromatic rings. The van der Waals surface area contributed by atoms with Crippen LogP contribution in [0.25, 0.3) is 6.08 Å². The molecule has 0 bridgehead atoms. The van der Waals surface area contributed by atoms with Crippen LogP contribution in [0, 0.1) is 6.92 Å². The molecule has 0 saturated carbocycles. The molecule has 0 aromatic heterocycles. The zero-order valence-corrected chi connectivity index (χ0v) is 8.08. The lowest BCUT2D eigenvalue weighted by Gasteiger charge is -1.92. The molecule has 0 spiro atoms. The summed E-state index contributed by atoms with van der Waals surface area (Å²) in [4.78, 5) is 0. The molecule has 1 aromatic carbocycles. The highest BCUT2D eigenvalue weighted by atomic mass is 16.5. The van der Waals surface area contributed by atoms with Crippen molar-refractivity contribution in [2.75, 3.05) is 6.61 Å². The van der Waals surface area contributed by atoms with Crippen LogP contribution in [0.2, 0.25) is 0 Å². The van der Waals surface area contributed by atoms with Gasteiger partial charge in [-0.05, 0) is 25.5 Å². The third-order valence-electron chi connectivity index (χ3n) is 1.65. The van der Waals surface area contributed by atoms with Gasteiger partial charge in [-0.15, -0.1) is 0 Å². The smallest absolute Gasteiger partial charge is 0.125 e. The Hall–Kier alpha value is -1.46. The first-order chi connectivity index (χ1) is 6.33. The monoisotopic (exact) mass is 174 g/mol. The van der Waals surface area contributed by atoms with Gasteiger partial charge in [0.2, 0.25) is 0 Å². The molecule has 0 atom stereocenters. The summed E-state index contributed by atoms with van der Waals surface area (Å²) < 4.78 is 5.01. The second-order valence-corrected chi connectivity index (χ2v) is 2.79. The fraction of sp³-hybridized carbons (Fsp3) is 0.250. The Balaban J connectivity index is 2.64. The van der Waals surface area contributed by atoms with Crippen LogP contribution in [0.5, 0.6) is 0 Å². The van der Waals surface area contributed by atoms with Crippen molar-refractivity contribution in [2.24, 2.45) is 0 Å². The fourth-order valence-corrected chi connectivity index (χ4v) is 0.924. The molecule has 0 N–H and O–H groups in total. The van der Waals surface area contributed by atoms with Gasteiger partial charge in [-0.1, -0.05) is 35.6 Å². The quantitative estimate of drug-likeness (QED) is 0.505. The zero-order valence-electron chi connectivity index (χ0n) is 8.08. The standard InChI is InChI=1S/C12H14O/c1-3-13-10-4-5-12-8-6-11(2)7-9-12/h5-10H,3H2,1-2H3. The van der Waals surface area contributed by atoms with E-state index in [9.17, 15) is 0 Å². The highest BCUT2D eigenvalue weighted by molar-refractivity contribution is 5.48. The lowest BCUT2D eigenvalue weighted by molar-refractivity contribution is 0.270. The van der Waals surface area contributed by atoms with Gasteiger partial charge in [-0.3, -0.25) is 0 Å². The highest BCUT2D eigenvalue weighted by Gasteiger charge is 1.83. The van der Waals surface area contributed by atoms with Gasteiger partial charge >= 0.3 is 0 Å². The van der Waals surface area contributed by atoms with Crippen molar-refractivity contribution in [1.29, 1.82) is 0 Å². The van der Waals surface area contributed by atoms with E-state index in [0.29, 0.717) is 6.61 Å². The minimum atomic E-state index is 0.689. The summed E-state index contributed by atoms with van der Waals surface area (Å²) in [5.41, 5.74) is 5.36. The number of hydrogen-bond donors (Lipinski definition) is 0. The van der Waals surface area contributed by atoms with Gasteiger partial charge in [0.25, 0.3) is 0 Å². The molecule has 0 heterocycles. The Bertz CT molecular complexity index is 302. The first kappa shape index (κ1) is 9.63. The van der Waals surface area contributed by atoms with E-state index in [0.717, 1.165) is 5.56 Å². The van der Waals surface area contributed by atoms with Crippen LogP contribution in [0.15, 0.2) is 36.3 Å². The summed E-state index contributed by atoms with van der Waals surface area (Å²) in [7, 11) is 0. The average Bonchev–Trinajstić information content (AvgIpc) is 2.15. The fourth-order valence-electron chi connectivity index (χ4n) is 0.924. The molecule has 1 nitrogen and oxygen atoms in total. The lowest BCUT2D eigenvalue weighted by Crippen LogP contribution is -1.74. The Morgan fingerprint density at radius 1 is 1.31 bits per heavy atom. The molecule has 0 amide bonds. The van der Waals surface area contributed by atoms with Gasteiger partial charge in [0.15, 0.2) is 0 Å². The molecule has 0 fully saturated rings. The molecular weight excluding hydrogens is 160 g/mol. The van der Waals surface area contributed by atoms with Crippen LogP contribution >= 0.6 is 0 Å². The van der Waals surface area contributed by atoms with Crippen molar-refractivity contribution in [2.45, 2.75) is 13.8 Å². The molecule has 13 heavy (non-hydrogen) atoms. The summed E-state index contributed by atoms with van der Waals surface area (Å²) >= 11 is 0. The van der Waals surface area contributed by atoms with Crippen molar-refractivity contribution in [1.82, 2.24) is 0 Å². The maximum Gasteiger partial charge on any atom is 0.125 e. The molecule has 68 valence electrons. The van der Waals surface area contributed by atoms with Crippen LogP contribution in [0.3, 0.4) is 0 Å². The molecule has 0 aliphatic carbocycles. The second kappa shape index (κ2) is 5.23. The topological polar surface area (TPSA) is 9.23 Å². The molecule has 0 unspecified atom stereocenters. The van der Waals surface area contributed by atoms with E-state index in [1.807, 2.05) is 13.0 Å². The van der Waals surface area contributed by atoms with Gasteiger partial charge in [-0.25, -0.2) is 0 Å². The average molecular weight is 174 g/mol. The molecular formula is C12H14O. The van der Waals surface area contributed by atoms with E-state index < -0.39 is 0 Å². The van der Waals surface area contributed by atoms with Gasteiger partial charge in [0, 0.05) is 0 Å². The Morgan fingerprint density at radius 3 is 2.62 bits per heavy atom. The normalized spacial score (nSPS) is 8.77. The summed E-state index contributed by atoms with van der Waals surface area (Å²) in [6.45, 7) is 4.71. The van der Waals surface area contributed by atoms with E-state index in [4.69, 9.17) is 4.74 Å². The maximum absolute atomic E-state index is 5.01. The van der Waals surface area contributed by atoms with Crippen LogP contribution in [0.1, 0.15) is 18.1 Å². The highest BCUT2D eigenvalue weighted by Crippen LogP contribution is 2.03. The maximum atomic E-state index is 5.01. The van der Waals surface area contributed by atoms with E-state index >= 15 is 0 Å². The Morgan fingerprint density at radius 2 is 2.00 bits per heavy atom. The minimum absolute atomic E-state index is 0.689. The van der Waals surface area contributed by atoms with Crippen molar-refractivity contribution in [3.05, 3.63) is 47.4 Å². The summed E-state index contributed by atoms with van der Waals surface area (Å²) in [6.07, 6.45) is 3.48. The molecule has 1 heteroatoms. The van der Waals surface area contributed by atoms with E-state index in [-0.39, 0.29) is 0 Å². The number of benzene rings is 1. The van der Waals surface area contributed by atoms with Crippen LogP contribution < -0.4 is 0 Å².